The summed E-state index contributed by atoms with van der Waals surface area (Å²) in [6, 6.07) is 4.78. The number of carbonyl (C=O) groups excluding carboxylic acids is 2. The smallest absolute Gasteiger partial charge is 0.356 e. The topological polar surface area (TPSA) is 59.5 Å². The molecule has 0 bridgehead atoms. The fraction of sp³-hybridized carbons (Fsp3) is 0.417. The van der Waals surface area contributed by atoms with Gasteiger partial charge in [0.15, 0.2) is 0 Å². The van der Waals surface area contributed by atoms with Crippen LogP contribution in [0.5, 0.6) is 0 Å². The Morgan fingerprint density at radius 3 is 2.41 bits per heavy atom. The first-order valence-electron chi connectivity index (χ1n) is 5.30. The molecule has 5 heteroatoms. The van der Waals surface area contributed by atoms with Crippen LogP contribution in [0.4, 0.5) is 0 Å². The van der Waals surface area contributed by atoms with Crippen molar-refractivity contribution in [2.75, 3.05) is 14.2 Å². The molecule has 0 aliphatic heterocycles. The number of rotatable bonds is 3. The maximum absolute atomic E-state index is 12.0. The summed E-state index contributed by atoms with van der Waals surface area (Å²) in [6.45, 7) is 3.81. The Hall–Kier alpha value is -1.91. The molecule has 0 spiro atoms. The van der Waals surface area contributed by atoms with Crippen LogP contribution >= 0.6 is 0 Å². The minimum absolute atomic E-state index is 0.0751. The van der Waals surface area contributed by atoms with Crippen LogP contribution in [-0.2, 0) is 4.74 Å². The van der Waals surface area contributed by atoms with Crippen LogP contribution in [0.2, 0.25) is 0 Å². The number of hydrogen-bond acceptors (Lipinski definition) is 4. The van der Waals surface area contributed by atoms with Crippen molar-refractivity contribution < 1.29 is 14.3 Å². The molecule has 1 rings (SSSR count). The van der Waals surface area contributed by atoms with Crippen LogP contribution in [0.25, 0.3) is 0 Å². The number of amides is 1. The molecule has 17 heavy (non-hydrogen) atoms. The zero-order valence-corrected chi connectivity index (χ0v) is 10.4. The number of aromatic nitrogens is 1. The molecule has 92 valence electrons. The molecule has 1 amide bonds. The van der Waals surface area contributed by atoms with E-state index in [9.17, 15) is 9.59 Å². The number of hydrogen-bond donors (Lipinski definition) is 0. The predicted molar refractivity (Wildman–Crippen MR) is 62.8 cm³/mol. The molecule has 0 saturated carbocycles. The van der Waals surface area contributed by atoms with Crippen molar-refractivity contribution in [1.82, 2.24) is 9.88 Å². The molecule has 1 aromatic rings. The van der Waals surface area contributed by atoms with Gasteiger partial charge in [-0.3, -0.25) is 4.79 Å². The van der Waals surface area contributed by atoms with E-state index in [4.69, 9.17) is 0 Å². The van der Waals surface area contributed by atoms with Gasteiger partial charge in [0.1, 0.15) is 11.4 Å². The maximum Gasteiger partial charge on any atom is 0.356 e. The Kier molecular flexibility index (Phi) is 4.20. The van der Waals surface area contributed by atoms with Gasteiger partial charge in [-0.05, 0) is 26.0 Å². The molecule has 0 unspecified atom stereocenters. The minimum Gasteiger partial charge on any atom is -0.464 e. The molecule has 0 saturated heterocycles. The SMILES string of the molecule is COC(=O)c1cccc(C(=O)N(C)C(C)C)n1. The average molecular weight is 236 g/mol. The zero-order chi connectivity index (χ0) is 13.0. The molecule has 0 N–H and O–H groups in total. The number of pyridine rings is 1. The first-order chi connectivity index (χ1) is 7.97. The van der Waals surface area contributed by atoms with E-state index in [1.165, 1.54) is 13.2 Å². The second kappa shape index (κ2) is 5.43. The second-order valence-electron chi connectivity index (χ2n) is 3.91. The Labute approximate surface area is 100 Å². The fourth-order valence-corrected chi connectivity index (χ4v) is 1.19. The third kappa shape index (κ3) is 3.03. The van der Waals surface area contributed by atoms with Crippen molar-refractivity contribution in [3.05, 3.63) is 29.6 Å². The summed E-state index contributed by atoms with van der Waals surface area (Å²) < 4.78 is 4.55. The maximum atomic E-state index is 12.0. The first-order valence-corrected chi connectivity index (χ1v) is 5.30. The first kappa shape index (κ1) is 13.2. The summed E-state index contributed by atoms with van der Waals surface area (Å²) in [4.78, 5) is 28.8. The predicted octanol–water partition coefficient (Wildman–Crippen LogP) is 1.35. The van der Waals surface area contributed by atoms with Gasteiger partial charge in [0.2, 0.25) is 0 Å². The number of nitrogens with zero attached hydrogens (tertiary/aromatic N) is 2. The Balaban J connectivity index is 3.00. The van der Waals surface area contributed by atoms with Crippen molar-refractivity contribution in [2.24, 2.45) is 0 Å². The molecule has 5 nitrogen and oxygen atoms in total. The summed E-state index contributed by atoms with van der Waals surface area (Å²) in [5.74, 6) is -0.766. The van der Waals surface area contributed by atoms with Crippen LogP contribution in [0.3, 0.4) is 0 Å². The lowest BCUT2D eigenvalue weighted by Gasteiger charge is -2.20. The Morgan fingerprint density at radius 1 is 1.29 bits per heavy atom. The number of esters is 1. The van der Waals surface area contributed by atoms with Gasteiger partial charge >= 0.3 is 5.97 Å². The Bertz CT molecular complexity index is 430. The molecule has 0 fully saturated rings. The van der Waals surface area contributed by atoms with Gasteiger partial charge in [0, 0.05) is 13.1 Å². The van der Waals surface area contributed by atoms with Gasteiger partial charge < -0.3 is 9.64 Å². The van der Waals surface area contributed by atoms with Crippen molar-refractivity contribution in [2.45, 2.75) is 19.9 Å². The lowest BCUT2D eigenvalue weighted by Crippen LogP contribution is -2.33. The van der Waals surface area contributed by atoms with E-state index in [1.807, 2.05) is 13.8 Å². The summed E-state index contributed by atoms with van der Waals surface area (Å²) in [7, 11) is 2.97. The lowest BCUT2D eigenvalue weighted by molar-refractivity contribution is 0.0593. The van der Waals surface area contributed by atoms with E-state index in [-0.39, 0.29) is 23.3 Å². The molecule has 0 aliphatic carbocycles. The molecular weight excluding hydrogens is 220 g/mol. The summed E-state index contributed by atoms with van der Waals surface area (Å²) in [6.07, 6.45) is 0. The highest BCUT2D eigenvalue weighted by Gasteiger charge is 2.17. The van der Waals surface area contributed by atoms with Crippen LogP contribution in [0.1, 0.15) is 34.8 Å². The normalized spacial score (nSPS) is 10.2. The van der Waals surface area contributed by atoms with Gasteiger partial charge in [-0.2, -0.15) is 0 Å². The van der Waals surface area contributed by atoms with Gasteiger partial charge in [-0.25, -0.2) is 9.78 Å². The van der Waals surface area contributed by atoms with Crippen molar-refractivity contribution in [3.8, 4) is 0 Å². The van der Waals surface area contributed by atoms with Gasteiger partial charge in [-0.15, -0.1) is 0 Å². The van der Waals surface area contributed by atoms with E-state index in [0.717, 1.165) is 0 Å². The zero-order valence-electron chi connectivity index (χ0n) is 10.4. The summed E-state index contributed by atoms with van der Waals surface area (Å²) in [5, 5.41) is 0. The van der Waals surface area contributed by atoms with E-state index in [1.54, 1.807) is 24.1 Å². The van der Waals surface area contributed by atoms with Gasteiger partial charge in [0.25, 0.3) is 5.91 Å². The third-order valence-corrected chi connectivity index (χ3v) is 2.46. The molecule has 1 heterocycles. The number of carbonyl (C=O) groups is 2. The van der Waals surface area contributed by atoms with Crippen LogP contribution < -0.4 is 0 Å². The van der Waals surface area contributed by atoms with Crippen molar-refractivity contribution >= 4 is 11.9 Å². The molecule has 1 aromatic heterocycles. The van der Waals surface area contributed by atoms with Crippen molar-refractivity contribution in [1.29, 1.82) is 0 Å². The standard InChI is InChI=1S/C12H16N2O3/c1-8(2)14(3)11(15)9-6-5-7-10(13-9)12(16)17-4/h5-8H,1-4H3. The Morgan fingerprint density at radius 2 is 1.88 bits per heavy atom. The van der Waals surface area contributed by atoms with Gasteiger partial charge in [0.05, 0.1) is 7.11 Å². The molecule has 0 radical (unpaired) electrons. The van der Waals surface area contributed by atoms with Crippen molar-refractivity contribution in [3.63, 3.8) is 0 Å². The minimum atomic E-state index is -0.549. The highest BCUT2D eigenvalue weighted by Crippen LogP contribution is 2.06. The van der Waals surface area contributed by atoms with E-state index in [0.29, 0.717) is 0 Å². The average Bonchev–Trinajstić information content (AvgIpc) is 2.36. The van der Waals surface area contributed by atoms with Crippen LogP contribution in [0, 0.1) is 0 Å². The monoisotopic (exact) mass is 236 g/mol. The molecule has 0 aromatic carbocycles. The molecule has 0 aliphatic rings. The van der Waals surface area contributed by atoms with Crippen LogP contribution in [0.15, 0.2) is 18.2 Å². The number of methoxy groups -OCH3 is 1. The van der Waals surface area contributed by atoms with E-state index < -0.39 is 5.97 Å². The largest absolute Gasteiger partial charge is 0.464 e. The van der Waals surface area contributed by atoms with E-state index >= 15 is 0 Å². The quantitative estimate of drug-likeness (QED) is 0.743. The summed E-state index contributed by atoms with van der Waals surface area (Å²) in [5.41, 5.74) is 0.375. The number of ether oxygens (including phenoxy) is 1. The fourth-order valence-electron chi connectivity index (χ4n) is 1.19. The molecular formula is C12H16N2O3. The molecule has 0 atom stereocenters. The van der Waals surface area contributed by atoms with Gasteiger partial charge in [-0.1, -0.05) is 6.07 Å². The summed E-state index contributed by atoms with van der Waals surface area (Å²) >= 11 is 0. The third-order valence-electron chi connectivity index (χ3n) is 2.46. The van der Waals surface area contributed by atoms with Crippen LogP contribution in [-0.4, -0.2) is 42.0 Å². The second-order valence-corrected chi connectivity index (χ2v) is 3.91. The highest BCUT2D eigenvalue weighted by atomic mass is 16.5. The lowest BCUT2D eigenvalue weighted by atomic mass is 10.2. The highest BCUT2D eigenvalue weighted by molar-refractivity contribution is 5.94. The van der Waals surface area contributed by atoms with E-state index in [2.05, 4.69) is 9.72 Å².